The van der Waals surface area contributed by atoms with E-state index in [9.17, 15) is 24.6 Å². The van der Waals surface area contributed by atoms with Gasteiger partial charge < -0.3 is 24.2 Å². The van der Waals surface area contributed by atoms with Crippen LogP contribution in [0.5, 0.6) is 0 Å². The number of esters is 1. The Kier molecular flexibility index (Phi) is 6.21. The highest BCUT2D eigenvalue weighted by atomic mass is 35.5. The minimum Gasteiger partial charge on any atom is -0.462 e. The first-order valence-corrected chi connectivity index (χ1v) is 13.4. The van der Waals surface area contributed by atoms with Gasteiger partial charge in [-0.05, 0) is 80.8 Å². The van der Waals surface area contributed by atoms with E-state index < -0.39 is 28.1 Å². The third-order valence-electron chi connectivity index (χ3n) is 10.4. The lowest BCUT2D eigenvalue weighted by Crippen LogP contribution is -2.68. The first-order valence-electron chi connectivity index (χ1n) is 12.9. The van der Waals surface area contributed by atoms with Crippen molar-refractivity contribution in [2.24, 2.45) is 22.7 Å². The fraction of sp³-hybridized carbons (Fsp3) is 0.741. The Morgan fingerprint density at radius 2 is 1.91 bits per heavy atom. The molecule has 1 heterocycles. The van der Waals surface area contributed by atoms with E-state index in [-0.39, 0.29) is 48.1 Å². The van der Waals surface area contributed by atoms with Crippen LogP contribution in [0.4, 0.5) is 0 Å². The number of fused-ring (bicyclic) bond motifs is 5. The number of alkyl halides is 1. The molecular weight excluding hydrogens is 472 g/mol. The second-order valence-corrected chi connectivity index (χ2v) is 12.0. The van der Waals surface area contributed by atoms with Crippen molar-refractivity contribution < 1.29 is 29.0 Å². The summed E-state index contributed by atoms with van der Waals surface area (Å²) in [5.74, 6) is -0.377. The second-order valence-electron chi connectivity index (χ2n) is 11.6. The lowest BCUT2D eigenvalue weighted by atomic mass is 9.41. The summed E-state index contributed by atoms with van der Waals surface area (Å²) in [6.07, 6.45) is 7.20. The molecule has 2 N–H and O–H groups in total. The van der Waals surface area contributed by atoms with Crippen molar-refractivity contribution in [3.63, 3.8) is 0 Å². The zero-order chi connectivity index (χ0) is 25.1. The molecule has 4 saturated carbocycles. The highest BCUT2D eigenvalue weighted by Crippen LogP contribution is 2.71. The molecule has 8 heteroatoms. The summed E-state index contributed by atoms with van der Waals surface area (Å²) >= 11 is 5.66. The van der Waals surface area contributed by atoms with Crippen molar-refractivity contribution >= 4 is 23.9 Å². The summed E-state index contributed by atoms with van der Waals surface area (Å²) < 4.78 is 10.7. The minimum absolute atomic E-state index is 0.0582. The maximum absolute atomic E-state index is 12.8. The second kappa shape index (κ2) is 8.70. The fourth-order valence-electron chi connectivity index (χ4n) is 8.66. The number of carbonyl (C=O) groups is 2. The standard InChI is InChI=1S/C27H35ClO7/c1-24-9-5-20-21(27(24,33)12-7-19(24)17-2-3-22(30)34-15-17)6-11-26(32)14-18(35-23(31)8-13-28)4-10-25(20,26)16-29/h2-3,15-16,18-21,32-33H,4-14H2,1H3. The molecular formula is C27H35ClO7. The van der Waals surface area contributed by atoms with Crippen molar-refractivity contribution in [3.8, 4) is 0 Å². The van der Waals surface area contributed by atoms with Crippen LogP contribution in [0.3, 0.4) is 0 Å². The Balaban J connectivity index is 1.43. The monoisotopic (exact) mass is 506 g/mol. The van der Waals surface area contributed by atoms with Gasteiger partial charge in [0.1, 0.15) is 12.4 Å². The number of aliphatic hydroxyl groups is 2. The van der Waals surface area contributed by atoms with Gasteiger partial charge in [-0.3, -0.25) is 4.79 Å². The van der Waals surface area contributed by atoms with E-state index in [1.165, 1.54) is 12.3 Å². The summed E-state index contributed by atoms with van der Waals surface area (Å²) in [4.78, 5) is 36.3. The van der Waals surface area contributed by atoms with E-state index in [0.717, 1.165) is 24.7 Å². The molecule has 0 spiro atoms. The van der Waals surface area contributed by atoms with E-state index in [4.69, 9.17) is 20.8 Å². The Labute approximate surface area is 210 Å². The fourth-order valence-corrected chi connectivity index (χ4v) is 8.81. The molecule has 5 rings (SSSR count). The molecule has 192 valence electrons. The van der Waals surface area contributed by atoms with Crippen molar-refractivity contribution in [3.05, 3.63) is 34.4 Å². The van der Waals surface area contributed by atoms with Crippen molar-refractivity contribution in [2.45, 2.75) is 94.4 Å². The molecule has 7 nitrogen and oxygen atoms in total. The third-order valence-corrected chi connectivity index (χ3v) is 10.6. The van der Waals surface area contributed by atoms with Crippen molar-refractivity contribution in [2.75, 3.05) is 5.88 Å². The first kappa shape index (κ1) is 25.0. The SMILES string of the molecule is CC12CCC3C(CCC4(O)CC(OC(=O)CCCl)CCC34C=O)C1(O)CCC2c1ccc(=O)oc1. The number of hydrogen-bond acceptors (Lipinski definition) is 7. The Morgan fingerprint density at radius 1 is 1.14 bits per heavy atom. The van der Waals surface area contributed by atoms with Crippen LogP contribution in [0.2, 0.25) is 0 Å². The average molecular weight is 507 g/mol. The molecule has 0 radical (unpaired) electrons. The molecule has 4 fully saturated rings. The summed E-state index contributed by atoms with van der Waals surface area (Å²) in [7, 11) is 0. The van der Waals surface area contributed by atoms with Gasteiger partial charge in [0.2, 0.25) is 0 Å². The predicted molar refractivity (Wildman–Crippen MR) is 128 cm³/mol. The van der Waals surface area contributed by atoms with Crippen LogP contribution < -0.4 is 5.63 Å². The van der Waals surface area contributed by atoms with Gasteiger partial charge in [0.15, 0.2) is 0 Å². The largest absolute Gasteiger partial charge is 0.462 e. The topological polar surface area (TPSA) is 114 Å². The zero-order valence-electron chi connectivity index (χ0n) is 20.2. The van der Waals surface area contributed by atoms with Gasteiger partial charge in [-0.2, -0.15) is 0 Å². The average Bonchev–Trinajstić information content (AvgIpc) is 3.10. The van der Waals surface area contributed by atoms with Crippen LogP contribution in [-0.2, 0) is 14.3 Å². The number of halogens is 1. The van der Waals surface area contributed by atoms with Crippen LogP contribution in [0.25, 0.3) is 0 Å². The highest BCUT2D eigenvalue weighted by Gasteiger charge is 2.71. The normalized spacial score (nSPS) is 44.6. The van der Waals surface area contributed by atoms with Gasteiger partial charge in [-0.1, -0.05) is 6.92 Å². The van der Waals surface area contributed by atoms with Crippen LogP contribution >= 0.6 is 11.6 Å². The maximum Gasteiger partial charge on any atom is 0.335 e. The maximum atomic E-state index is 12.8. The van der Waals surface area contributed by atoms with Gasteiger partial charge in [0.05, 0.1) is 29.3 Å². The molecule has 8 atom stereocenters. The quantitative estimate of drug-likeness (QED) is 0.355. The number of aldehydes is 1. The van der Waals surface area contributed by atoms with Gasteiger partial charge in [0, 0.05) is 23.8 Å². The Hall–Kier alpha value is -1.70. The van der Waals surface area contributed by atoms with Gasteiger partial charge in [-0.25, -0.2) is 4.79 Å². The first-order chi connectivity index (χ1) is 16.6. The van der Waals surface area contributed by atoms with Crippen LogP contribution in [-0.4, -0.2) is 45.7 Å². The predicted octanol–water partition coefficient (Wildman–Crippen LogP) is 3.72. The lowest BCUT2D eigenvalue weighted by molar-refractivity contribution is -0.248. The highest BCUT2D eigenvalue weighted by molar-refractivity contribution is 6.18. The zero-order valence-corrected chi connectivity index (χ0v) is 21.0. The summed E-state index contributed by atoms with van der Waals surface area (Å²) in [6, 6.07) is 3.24. The molecule has 35 heavy (non-hydrogen) atoms. The molecule has 0 bridgehead atoms. The van der Waals surface area contributed by atoms with Gasteiger partial charge >= 0.3 is 11.6 Å². The molecule has 0 aromatic carbocycles. The van der Waals surface area contributed by atoms with E-state index in [1.807, 2.05) is 0 Å². The third kappa shape index (κ3) is 3.56. The van der Waals surface area contributed by atoms with E-state index >= 15 is 0 Å². The van der Waals surface area contributed by atoms with E-state index in [0.29, 0.717) is 38.5 Å². The van der Waals surface area contributed by atoms with E-state index in [1.54, 1.807) is 6.07 Å². The van der Waals surface area contributed by atoms with Gasteiger partial charge in [0.25, 0.3) is 0 Å². The minimum atomic E-state index is -1.26. The number of ether oxygens (including phenoxy) is 1. The number of hydrogen-bond donors (Lipinski definition) is 2. The summed E-state index contributed by atoms with van der Waals surface area (Å²) in [5, 5.41) is 24.2. The Morgan fingerprint density at radius 3 is 2.60 bits per heavy atom. The molecule has 0 saturated heterocycles. The number of rotatable bonds is 5. The van der Waals surface area contributed by atoms with Crippen LogP contribution in [0, 0.1) is 22.7 Å². The van der Waals surface area contributed by atoms with Crippen LogP contribution in [0.15, 0.2) is 27.6 Å². The molecule has 8 unspecified atom stereocenters. The van der Waals surface area contributed by atoms with E-state index in [2.05, 4.69) is 6.92 Å². The summed E-state index contributed by atoms with van der Waals surface area (Å²) in [6.45, 7) is 2.13. The number of carbonyl (C=O) groups excluding carboxylic acids is 2. The molecule has 1 aromatic rings. The smallest absolute Gasteiger partial charge is 0.335 e. The van der Waals surface area contributed by atoms with Crippen molar-refractivity contribution in [1.82, 2.24) is 0 Å². The van der Waals surface area contributed by atoms with Crippen molar-refractivity contribution in [1.29, 1.82) is 0 Å². The van der Waals surface area contributed by atoms with Gasteiger partial charge in [-0.15, -0.1) is 11.6 Å². The molecule has 4 aliphatic carbocycles. The molecule has 0 amide bonds. The summed E-state index contributed by atoms with van der Waals surface area (Å²) in [5.41, 5.74) is -3.07. The molecule has 4 aliphatic rings. The van der Waals surface area contributed by atoms with Crippen LogP contribution in [0.1, 0.15) is 82.6 Å². The molecule has 1 aromatic heterocycles. The lowest BCUT2D eigenvalue weighted by Gasteiger charge is -2.65. The Bertz CT molecular complexity index is 1040. The molecule has 0 aliphatic heterocycles.